The molecule has 2 N–H and O–H groups in total. The van der Waals surface area contributed by atoms with Crippen molar-refractivity contribution in [3.8, 4) is 5.75 Å². The molecule has 0 bridgehead atoms. The number of rotatable bonds is 3. The first kappa shape index (κ1) is 13.9. The van der Waals surface area contributed by atoms with E-state index < -0.39 is 0 Å². The molecule has 1 aromatic carbocycles. The van der Waals surface area contributed by atoms with Crippen LogP contribution in [0.15, 0.2) is 27.8 Å². The van der Waals surface area contributed by atoms with E-state index in [2.05, 4.69) is 10.3 Å². The summed E-state index contributed by atoms with van der Waals surface area (Å²) in [7, 11) is 1.52. The molecule has 0 saturated carbocycles. The number of hydrogen-bond donors (Lipinski definition) is 2. The number of aromatic nitrogens is 2. The Balaban J connectivity index is 2.10. The van der Waals surface area contributed by atoms with Crippen LogP contribution in [0.5, 0.6) is 5.75 Å². The van der Waals surface area contributed by atoms with Crippen molar-refractivity contribution in [1.82, 2.24) is 14.9 Å². The topological polar surface area (TPSA) is 76.1 Å². The molecule has 1 aliphatic rings. The van der Waals surface area contributed by atoms with E-state index in [4.69, 9.17) is 4.74 Å². The van der Waals surface area contributed by atoms with E-state index in [0.717, 1.165) is 25.8 Å². The average molecular weight is 289 g/mol. The van der Waals surface area contributed by atoms with Gasteiger partial charge in [0.25, 0.3) is 5.56 Å². The lowest BCUT2D eigenvalue weighted by atomic mass is 10.1. The number of nitrogens with zero attached hydrogens (tertiary/aromatic N) is 1. The normalized spacial score (nSPS) is 18.8. The summed E-state index contributed by atoms with van der Waals surface area (Å²) in [6.45, 7) is 1.33. The summed E-state index contributed by atoms with van der Waals surface area (Å²) in [4.78, 5) is 27.6. The molecule has 1 atom stereocenters. The lowest BCUT2D eigenvalue weighted by Gasteiger charge is -2.23. The molecule has 0 aliphatic carbocycles. The molecule has 112 valence electrons. The van der Waals surface area contributed by atoms with Crippen molar-refractivity contribution in [3.05, 3.63) is 39.0 Å². The van der Waals surface area contributed by atoms with Gasteiger partial charge >= 0.3 is 5.69 Å². The van der Waals surface area contributed by atoms with Crippen LogP contribution in [0.1, 0.15) is 19.3 Å². The molecule has 2 aromatic rings. The van der Waals surface area contributed by atoms with Gasteiger partial charge in [-0.05, 0) is 31.5 Å². The third-order valence-electron chi connectivity index (χ3n) is 4.01. The number of benzene rings is 1. The maximum absolute atomic E-state index is 12.6. The second kappa shape index (κ2) is 5.73. The Morgan fingerprint density at radius 2 is 2.19 bits per heavy atom. The van der Waals surface area contributed by atoms with Crippen LogP contribution in [0, 0.1) is 0 Å². The molecule has 0 radical (unpaired) electrons. The average Bonchev–Trinajstić information content (AvgIpc) is 2.51. The Bertz CT molecular complexity index is 757. The van der Waals surface area contributed by atoms with Crippen molar-refractivity contribution in [2.75, 3.05) is 13.7 Å². The number of fused-ring (bicyclic) bond motifs is 1. The van der Waals surface area contributed by atoms with E-state index in [0.29, 0.717) is 23.2 Å². The second-order valence-electron chi connectivity index (χ2n) is 5.38. The molecule has 1 aliphatic heterocycles. The van der Waals surface area contributed by atoms with Crippen molar-refractivity contribution in [2.45, 2.75) is 31.8 Å². The molecule has 1 saturated heterocycles. The van der Waals surface area contributed by atoms with Gasteiger partial charge in [0.2, 0.25) is 0 Å². The highest BCUT2D eigenvalue weighted by Crippen LogP contribution is 2.19. The largest absolute Gasteiger partial charge is 0.496 e. The van der Waals surface area contributed by atoms with Gasteiger partial charge in [0.15, 0.2) is 0 Å². The fraction of sp³-hybridized carbons (Fsp3) is 0.467. The van der Waals surface area contributed by atoms with E-state index in [1.54, 1.807) is 18.2 Å². The predicted octanol–water partition coefficient (Wildman–Crippen LogP) is 0.840. The van der Waals surface area contributed by atoms with Crippen LogP contribution in [0.25, 0.3) is 10.9 Å². The Morgan fingerprint density at radius 1 is 1.33 bits per heavy atom. The fourth-order valence-corrected chi connectivity index (χ4v) is 2.90. The van der Waals surface area contributed by atoms with Gasteiger partial charge in [-0.1, -0.05) is 12.5 Å². The number of ether oxygens (including phenoxy) is 1. The summed E-state index contributed by atoms with van der Waals surface area (Å²) in [5, 5.41) is 3.78. The number of H-pyrrole nitrogens is 1. The zero-order chi connectivity index (χ0) is 14.8. The third kappa shape index (κ3) is 2.58. The van der Waals surface area contributed by atoms with E-state index in [1.165, 1.54) is 11.7 Å². The predicted molar refractivity (Wildman–Crippen MR) is 81.0 cm³/mol. The SMILES string of the molecule is COc1cccc2[nH]c(=O)n(CC3CCCCN3)c(=O)c12. The fourth-order valence-electron chi connectivity index (χ4n) is 2.90. The smallest absolute Gasteiger partial charge is 0.328 e. The molecule has 3 rings (SSSR count). The zero-order valence-electron chi connectivity index (χ0n) is 12.0. The summed E-state index contributed by atoms with van der Waals surface area (Å²) in [5.74, 6) is 0.485. The third-order valence-corrected chi connectivity index (χ3v) is 4.01. The summed E-state index contributed by atoms with van der Waals surface area (Å²) in [6, 6.07) is 5.36. The van der Waals surface area contributed by atoms with Crippen LogP contribution < -0.4 is 21.3 Å². The van der Waals surface area contributed by atoms with E-state index >= 15 is 0 Å². The Hall–Kier alpha value is -2.08. The maximum Gasteiger partial charge on any atom is 0.328 e. The first-order chi connectivity index (χ1) is 10.2. The number of piperidine rings is 1. The number of nitrogens with one attached hydrogen (secondary N) is 2. The van der Waals surface area contributed by atoms with Crippen LogP contribution in [-0.4, -0.2) is 29.2 Å². The highest BCUT2D eigenvalue weighted by Gasteiger charge is 2.17. The van der Waals surface area contributed by atoms with Gasteiger partial charge in [0, 0.05) is 12.6 Å². The molecular formula is C15H19N3O3. The van der Waals surface area contributed by atoms with Crippen LogP contribution in [0.4, 0.5) is 0 Å². The van der Waals surface area contributed by atoms with E-state index in [-0.39, 0.29) is 17.3 Å². The molecule has 1 aromatic heterocycles. The molecule has 6 heteroatoms. The Labute approximate surface area is 121 Å². The van der Waals surface area contributed by atoms with Crippen LogP contribution >= 0.6 is 0 Å². The summed E-state index contributed by atoms with van der Waals surface area (Å²) >= 11 is 0. The minimum atomic E-state index is -0.367. The second-order valence-corrected chi connectivity index (χ2v) is 5.38. The highest BCUT2D eigenvalue weighted by atomic mass is 16.5. The quantitative estimate of drug-likeness (QED) is 0.878. The first-order valence-corrected chi connectivity index (χ1v) is 7.24. The lowest BCUT2D eigenvalue weighted by Crippen LogP contribution is -2.44. The Kier molecular flexibility index (Phi) is 3.79. The van der Waals surface area contributed by atoms with Gasteiger partial charge in [0.05, 0.1) is 12.6 Å². The standard InChI is InChI=1S/C15H19N3O3/c1-21-12-7-4-6-11-13(12)14(19)18(15(20)17-11)9-10-5-2-3-8-16-10/h4,6-7,10,16H,2-3,5,8-9H2,1H3,(H,17,20). The number of aromatic amines is 1. The molecule has 0 amide bonds. The van der Waals surface area contributed by atoms with Gasteiger partial charge in [-0.2, -0.15) is 0 Å². The molecule has 1 unspecified atom stereocenters. The summed E-state index contributed by atoms with van der Waals surface area (Å²) in [5.41, 5.74) is -0.149. The van der Waals surface area contributed by atoms with Gasteiger partial charge < -0.3 is 15.0 Å². The molecular weight excluding hydrogens is 270 g/mol. The van der Waals surface area contributed by atoms with Crippen molar-refractivity contribution >= 4 is 10.9 Å². The maximum atomic E-state index is 12.6. The van der Waals surface area contributed by atoms with Gasteiger partial charge in [0.1, 0.15) is 11.1 Å². The van der Waals surface area contributed by atoms with Crippen molar-refractivity contribution in [2.24, 2.45) is 0 Å². The van der Waals surface area contributed by atoms with Gasteiger partial charge in [-0.25, -0.2) is 4.79 Å². The van der Waals surface area contributed by atoms with Crippen molar-refractivity contribution in [3.63, 3.8) is 0 Å². The lowest BCUT2D eigenvalue weighted by molar-refractivity contribution is 0.355. The van der Waals surface area contributed by atoms with Crippen molar-refractivity contribution in [1.29, 1.82) is 0 Å². The molecule has 6 nitrogen and oxygen atoms in total. The molecule has 1 fully saturated rings. The van der Waals surface area contributed by atoms with Gasteiger partial charge in [-0.3, -0.25) is 9.36 Å². The first-order valence-electron chi connectivity index (χ1n) is 7.24. The van der Waals surface area contributed by atoms with Gasteiger partial charge in [-0.15, -0.1) is 0 Å². The van der Waals surface area contributed by atoms with Crippen LogP contribution in [0.2, 0.25) is 0 Å². The van der Waals surface area contributed by atoms with E-state index in [9.17, 15) is 9.59 Å². The minimum Gasteiger partial charge on any atom is -0.496 e. The molecule has 21 heavy (non-hydrogen) atoms. The number of hydrogen-bond acceptors (Lipinski definition) is 4. The monoisotopic (exact) mass is 289 g/mol. The zero-order valence-corrected chi connectivity index (χ0v) is 12.0. The van der Waals surface area contributed by atoms with Crippen molar-refractivity contribution < 1.29 is 4.74 Å². The number of methoxy groups -OCH3 is 1. The minimum absolute atomic E-state index is 0.171. The highest BCUT2D eigenvalue weighted by molar-refractivity contribution is 5.83. The van der Waals surface area contributed by atoms with Crippen LogP contribution in [-0.2, 0) is 6.54 Å². The Morgan fingerprint density at radius 3 is 2.90 bits per heavy atom. The molecule has 2 heterocycles. The van der Waals surface area contributed by atoms with E-state index in [1.807, 2.05) is 0 Å². The summed E-state index contributed by atoms with van der Waals surface area (Å²) in [6.07, 6.45) is 3.25. The van der Waals surface area contributed by atoms with Crippen LogP contribution in [0.3, 0.4) is 0 Å². The summed E-state index contributed by atoms with van der Waals surface area (Å²) < 4.78 is 6.51. The molecule has 0 spiro atoms.